The summed E-state index contributed by atoms with van der Waals surface area (Å²) in [6.45, 7) is 13.6. The minimum atomic E-state index is -4.57. The summed E-state index contributed by atoms with van der Waals surface area (Å²) in [5.74, 6) is -2.33. The lowest BCUT2D eigenvalue weighted by Gasteiger charge is -2.28. The molecule has 0 radical (unpaired) electrons. The summed E-state index contributed by atoms with van der Waals surface area (Å²) < 4.78 is 55.8. The maximum absolute atomic E-state index is 13.9. The highest BCUT2D eigenvalue weighted by atomic mass is 19.4. The normalized spacial score (nSPS) is 12.4. The second-order valence-corrected chi connectivity index (χ2v) is 16.9. The Morgan fingerprint density at radius 2 is 1.21 bits per heavy atom. The summed E-state index contributed by atoms with van der Waals surface area (Å²) >= 11 is 0. The molecule has 3 aromatic rings. The van der Waals surface area contributed by atoms with Gasteiger partial charge in [0.25, 0.3) is 0 Å². The SMILES string of the molecule is CC(C)(C)OC(=O)NCCN(CCNC(=O)OC(C)(C)C)C(=O)CC(NC(=O)OC(C)(C)C)C(=O)NCC(=O)N(Cc1ccc(C(F)(F)F)cc1)c1cnc2ccccc2c1. The predicted octanol–water partition coefficient (Wildman–Crippen LogP) is 6.06. The van der Waals surface area contributed by atoms with Gasteiger partial charge in [0.05, 0.1) is 42.5 Å². The number of ether oxygens (including phenoxy) is 3. The van der Waals surface area contributed by atoms with Gasteiger partial charge in [-0.25, -0.2) is 14.4 Å². The van der Waals surface area contributed by atoms with Crippen LogP contribution < -0.4 is 26.2 Å². The molecule has 0 aliphatic carbocycles. The molecule has 0 bridgehead atoms. The molecule has 1 atom stereocenters. The summed E-state index contributed by atoms with van der Waals surface area (Å²) in [6, 6.07) is 11.4. The zero-order valence-corrected chi connectivity index (χ0v) is 36.0. The molecule has 4 N–H and O–H groups in total. The summed E-state index contributed by atoms with van der Waals surface area (Å²) in [5.41, 5.74) is -2.20. The number of fused-ring (bicyclic) bond motifs is 1. The van der Waals surface area contributed by atoms with Crippen LogP contribution in [0.4, 0.5) is 33.2 Å². The number of anilines is 1. The Labute approximate surface area is 353 Å². The van der Waals surface area contributed by atoms with Crippen molar-refractivity contribution in [3.63, 3.8) is 0 Å². The molecule has 0 saturated carbocycles. The van der Waals surface area contributed by atoms with Gasteiger partial charge in [-0.3, -0.25) is 19.4 Å². The number of pyridine rings is 1. The van der Waals surface area contributed by atoms with Crippen LogP contribution in [0.5, 0.6) is 0 Å². The van der Waals surface area contributed by atoms with Crippen LogP contribution in [0.25, 0.3) is 10.9 Å². The van der Waals surface area contributed by atoms with E-state index in [1.165, 1.54) is 28.1 Å². The Bertz CT molecular complexity index is 1970. The molecule has 16 nitrogen and oxygen atoms in total. The summed E-state index contributed by atoms with van der Waals surface area (Å²) in [4.78, 5) is 86.1. The third-order valence-electron chi connectivity index (χ3n) is 8.06. The third kappa shape index (κ3) is 17.9. The number of carbonyl (C=O) groups excluding carboxylic acids is 6. The van der Waals surface area contributed by atoms with E-state index in [0.717, 1.165) is 12.1 Å². The number of nitrogens with zero attached hydrogens (tertiary/aromatic N) is 3. The first-order valence-corrected chi connectivity index (χ1v) is 19.5. The van der Waals surface area contributed by atoms with Crippen molar-refractivity contribution in [1.29, 1.82) is 0 Å². The van der Waals surface area contributed by atoms with E-state index in [9.17, 15) is 41.9 Å². The van der Waals surface area contributed by atoms with Gasteiger partial charge in [0, 0.05) is 31.6 Å². The number of benzene rings is 2. The van der Waals surface area contributed by atoms with E-state index < -0.39 is 83.6 Å². The summed E-state index contributed by atoms with van der Waals surface area (Å²) in [5, 5.41) is 10.6. The first-order chi connectivity index (χ1) is 28.2. The van der Waals surface area contributed by atoms with Crippen LogP contribution in [0.2, 0.25) is 0 Å². The Morgan fingerprint density at radius 1 is 0.689 bits per heavy atom. The van der Waals surface area contributed by atoms with Crippen LogP contribution in [-0.2, 0) is 41.3 Å². The topological polar surface area (TPSA) is 198 Å². The minimum Gasteiger partial charge on any atom is -0.444 e. The van der Waals surface area contributed by atoms with Crippen molar-refractivity contribution < 1.29 is 56.1 Å². The Morgan fingerprint density at radius 3 is 1.74 bits per heavy atom. The van der Waals surface area contributed by atoms with Gasteiger partial charge >= 0.3 is 24.5 Å². The number of amides is 6. The number of aromatic nitrogens is 1. The Hall–Kier alpha value is -6.14. The van der Waals surface area contributed by atoms with E-state index in [1.807, 2.05) is 0 Å². The molecule has 1 heterocycles. The first-order valence-electron chi connectivity index (χ1n) is 19.5. The number of hydrogen-bond donors (Lipinski definition) is 4. The van der Waals surface area contributed by atoms with Crippen molar-refractivity contribution in [2.24, 2.45) is 0 Å². The fraction of sp³-hybridized carbons (Fsp3) is 0.500. The average molecular weight is 860 g/mol. The standard InChI is InChI=1S/C42H56F3N7O9/c1-39(2,3)59-36(56)46-18-20-51(21-19-47-37(57)60-40(4,5)6)33(53)23-32(50-38(58)61-41(7,8)9)35(55)49-25-34(54)52(26-27-14-16-29(17-15-27)42(43,44)45)30-22-28-12-10-11-13-31(28)48-24-30/h10-17,22,24,32H,18-21,23,25-26H2,1-9H3,(H,46,56)(H,47,57)(H,49,55)(H,50,58). The van der Waals surface area contributed by atoms with Gasteiger partial charge < -0.3 is 45.3 Å². The fourth-order valence-corrected chi connectivity index (χ4v) is 5.43. The first kappa shape index (κ1) is 49.2. The Balaban J connectivity index is 1.86. The van der Waals surface area contributed by atoms with Crippen molar-refractivity contribution in [3.8, 4) is 0 Å². The van der Waals surface area contributed by atoms with Gasteiger partial charge in [-0.15, -0.1) is 0 Å². The maximum atomic E-state index is 13.9. The number of carbonyl (C=O) groups is 6. The van der Waals surface area contributed by atoms with E-state index in [0.29, 0.717) is 16.5 Å². The summed E-state index contributed by atoms with van der Waals surface area (Å²) in [7, 11) is 0. The van der Waals surface area contributed by atoms with E-state index in [2.05, 4.69) is 26.3 Å². The number of alkyl carbamates (subject to hydrolysis) is 3. The monoisotopic (exact) mass is 859 g/mol. The number of alkyl halides is 3. The Kier molecular flexibility index (Phi) is 16.9. The number of rotatable bonds is 15. The maximum Gasteiger partial charge on any atom is 0.416 e. The quantitative estimate of drug-likeness (QED) is 0.130. The molecule has 0 saturated heterocycles. The van der Waals surface area contributed by atoms with Crippen molar-refractivity contribution in [1.82, 2.24) is 31.2 Å². The molecule has 0 fully saturated rings. The lowest BCUT2D eigenvalue weighted by Crippen LogP contribution is -2.53. The lowest BCUT2D eigenvalue weighted by atomic mass is 10.1. The van der Waals surface area contributed by atoms with Gasteiger partial charge in [0.2, 0.25) is 17.7 Å². The molecule has 61 heavy (non-hydrogen) atoms. The van der Waals surface area contributed by atoms with Gasteiger partial charge in [0.1, 0.15) is 22.8 Å². The molecule has 0 spiro atoms. The lowest BCUT2D eigenvalue weighted by molar-refractivity contribution is -0.137. The van der Waals surface area contributed by atoms with Gasteiger partial charge in [-0.05, 0) is 92.1 Å². The molecule has 0 aliphatic heterocycles. The largest absolute Gasteiger partial charge is 0.444 e. The second-order valence-electron chi connectivity index (χ2n) is 16.9. The molecule has 1 unspecified atom stereocenters. The van der Waals surface area contributed by atoms with E-state index in [1.54, 1.807) is 92.6 Å². The van der Waals surface area contributed by atoms with Crippen molar-refractivity contribution in [2.75, 3.05) is 37.6 Å². The van der Waals surface area contributed by atoms with Gasteiger partial charge in [0.15, 0.2) is 0 Å². The highest BCUT2D eigenvalue weighted by molar-refractivity contribution is 5.99. The smallest absolute Gasteiger partial charge is 0.416 e. The van der Waals surface area contributed by atoms with Crippen molar-refractivity contribution in [3.05, 3.63) is 71.9 Å². The zero-order valence-electron chi connectivity index (χ0n) is 36.0. The van der Waals surface area contributed by atoms with E-state index in [-0.39, 0.29) is 38.4 Å². The highest BCUT2D eigenvalue weighted by Gasteiger charge is 2.32. The summed E-state index contributed by atoms with van der Waals surface area (Å²) in [6.07, 6.45) is -6.33. The van der Waals surface area contributed by atoms with Crippen LogP contribution in [0.3, 0.4) is 0 Å². The van der Waals surface area contributed by atoms with Crippen LogP contribution in [-0.4, -0.2) is 101 Å². The molecular weight excluding hydrogens is 803 g/mol. The minimum absolute atomic E-state index is 0.0870. The molecule has 0 aliphatic rings. The number of halogens is 3. The van der Waals surface area contributed by atoms with E-state index in [4.69, 9.17) is 14.2 Å². The molecule has 3 rings (SSSR count). The molecular formula is C42H56F3N7O9. The fourth-order valence-electron chi connectivity index (χ4n) is 5.43. The van der Waals surface area contributed by atoms with Crippen molar-refractivity contribution in [2.45, 2.75) is 104 Å². The average Bonchev–Trinajstić information content (AvgIpc) is 3.12. The van der Waals surface area contributed by atoms with Gasteiger partial charge in [-0.2, -0.15) is 13.2 Å². The third-order valence-corrected chi connectivity index (χ3v) is 8.06. The van der Waals surface area contributed by atoms with Crippen LogP contribution >= 0.6 is 0 Å². The van der Waals surface area contributed by atoms with Crippen LogP contribution in [0, 0.1) is 0 Å². The second kappa shape index (κ2) is 20.9. The van der Waals surface area contributed by atoms with E-state index >= 15 is 0 Å². The van der Waals surface area contributed by atoms with Crippen LogP contribution in [0.15, 0.2) is 60.8 Å². The van der Waals surface area contributed by atoms with Crippen molar-refractivity contribution >= 4 is 52.6 Å². The molecule has 334 valence electrons. The zero-order chi connectivity index (χ0) is 45.8. The molecule has 19 heteroatoms. The number of nitrogens with one attached hydrogen (secondary N) is 4. The molecule has 2 aromatic carbocycles. The molecule has 6 amide bonds. The number of para-hydroxylation sites is 1. The highest BCUT2D eigenvalue weighted by Crippen LogP contribution is 2.30. The predicted molar refractivity (Wildman–Crippen MR) is 220 cm³/mol. The molecule has 1 aromatic heterocycles. The van der Waals surface area contributed by atoms with Crippen LogP contribution in [0.1, 0.15) is 79.9 Å². The number of hydrogen-bond acceptors (Lipinski definition) is 10. The van der Waals surface area contributed by atoms with Gasteiger partial charge in [-0.1, -0.05) is 30.3 Å².